The average molecular weight is 247 g/mol. The first kappa shape index (κ1) is 12.3. The van der Waals surface area contributed by atoms with Gasteiger partial charge in [-0.15, -0.1) is 0 Å². The molecule has 4 nitrogen and oxygen atoms in total. The number of benzene rings is 1. The minimum absolute atomic E-state index is 0.171. The van der Waals surface area contributed by atoms with E-state index in [0.717, 1.165) is 17.5 Å². The monoisotopic (exact) mass is 247 g/mol. The van der Waals surface area contributed by atoms with Gasteiger partial charge in [0.1, 0.15) is 5.82 Å². The Bertz CT molecular complexity index is 604. The van der Waals surface area contributed by atoms with Gasteiger partial charge in [0.05, 0.1) is 12.2 Å². The minimum atomic E-state index is -0.633. The highest BCUT2D eigenvalue weighted by Crippen LogP contribution is 2.13. The van der Waals surface area contributed by atoms with Crippen LogP contribution in [0, 0.1) is 19.7 Å². The number of amides is 1. The third kappa shape index (κ3) is 2.40. The van der Waals surface area contributed by atoms with E-state index in [9.17, 15) is 9.18 Å². The number of carbonyl (C=O) groups excluding carboxylic acids is 1. The molecule has 1 heterocycles. The Hall–Kier alpha value is -2.17. The smallest absolute Gasteiger partial charge is 0.248 e. The lowest BCUT2D eigenvalue weighted by atomic mass is 10.1. The standard InChI is InChI=1S/C13H14FN3O/c1-8-5-9(2)17(16-8)7-11-4-3-10(13(15)18)6-12(11)14/h3-6H,7H2,1-2H3,(H2,15,18). The Labute approximate surface area is 104 Å². The summed E-state index contributed by atoms with van der Waals surface area (Å²) < 4.78 is 15.5. The second kappa shape index (κ2) is 4.60. The topological polar surface area (TPSA) is 60.9 Å². The predicted molar refractivity (Wildman–Crippen MR) is 65.7 cm³/mol. The van der Waals surface area contributed by atoms with Gasteiger partial charge in [0.2, 0.25) is 5.91 Å². The molecule has 0 atom stereocenters. The molecule has 2 rings (SSSR count). The van der Waals surface area contributed by atoms with Gasteiger partial charge in [-0.25, -0.2) is 4.39 Å². The van der Waals surface area contributed by atoms with Crippen molar-refractivity contribution in [3.63, 3.8) is 0 Å². The second-order valence-corrected chi connectivity index (χ2v) is 4.26. The van der Waals surface area contributed by atoms with Crippen molar-refractivity contribution in [2.45, 2.75) is 20.4 Å². The lowest BCUT2D eigenvalue weighted by Crippen LogP contribution is -2.12. The van der Waals surface area contributed by atoms with Crippen LogP contribution >= 0.6 is 0 Å². The Kier molecular flexibility index (Phi) is 3.14. The van der Waals surface area contributed by atoms with Crippen LogP contribution in [0.3, 0.4) is 0 Å². The van der Waals surface area contributed by atoms with Crippen molar-refractivity contribution < 1.29 is 9.18 Å². The Balaban J connectivity index is 2.30. The van der Waals surface area contributed by atoms with Gasteiger partial charge in [0, 0.05) is 16.8 Å². The van der Waals surface area contributed by atoms with Crippen LogP contribution in [0.25, 0.3) is 0 Å². The Morgan fingerprint density at radius 3 is 2.61 bits per heavy atom. The fourth-order valence-electron chi connectivity index (χ4n) is 1.83. The van der Waals surface area contributed by atoms with Gasteiger partial charge in [-0.3, -0.25) is 9.48 Å². The summed E-state index contributed by atoms with van der Waals surface area (Å²) in [5.41, 5.74) is 7.59. The lowest BCUT2D eigenvalue weighted by molar-refractivity contribution is 0.1000. The molecule has 0 unspecified atom stereocenters. The molecule has 0 aliphatic heterocycles. The molecule has 1 amide bonds. The molecule has 0 saturated carbocycles. The zero-order valence-electron chi connectivity index (χ0n) is 10.3. The van der Waals surface area contributed by atoms with Gasteiger partial charge < -0.3 is 5.73 Å². The molecule has 5 heteroatoms. The van der Waals surface area contributed by atoms with Crippen LogP contribution in [0.5, 0.6) is 0 Å². The van der Waals surface area contributed by atoms with Crippen LogP contribution in [0.4, 0.5) is 4.39 Å². The number of aryl methyl sites for hydroxylation is 2. The number of carbonyl (C=O) groups is 1. The Morgan fingerprint density at radius 1 is 1.39 bits per heavy atom. The molecule has 0 bridgehead atoms. The molecule has 0 saturated heterocycles. The van der Waals surface area contributed by atoms with E-state index in [-0.39, 0.29) is 5.56 Å². The molecule has 0 radical (unpaired) electrons. The lowest BCUT2D eigenvalue weighted by Gasteiger charge is -2.06. The summed E-state index contributed by atoms with van der Waals surface area (Å²) in [7, 11) is 0. The summed E-state index contributed by atoms with van der Waals surface area (Å²) in [6.45, 7) is 4.14. The van der Waals surface area contributed by atoms with E-state index in [1.54, 1.807) is 10.7 Å². The molecule has 0 aliphatic rings. The average Bonchev–Trinajstić information content (AvgIpc) is 2.60. The fraction of sp³-hybridized carbons (Fsp3) is 0.231. The van der Waals surface area contributed by atoms with E-state index in [1.807, 2.05) is 19.9 Å². The van der Waals surface area contributed by atoms with Gasteiger partial charge in [-0.05, 0) is 32.0 Å². The van der Waals surface area contributed by atoms with Crippen molar-refractivity contribution in [3.05, 3.63) is 52.6 Å². The van der Waals surface area contributed by atoms with E-state index in [4.69, 9.17) is 5.73 Å². The summed E-state index contributed by atoms with van der Waals surface area (Å²) in [6.07, 6.45) is 0. The van der Waals surface area contributed by atoms with Gasteiger partial charge in [-0.2, -0.15) is 5.10 Å². The van der Waals surface area contributed by atoms with Crippen LogP contribution in [0.1, 0.15) is 27.3 Å². The maximum atomic E-state index is 13.8. The summed E-state index contributed by atoms with van der Waals surface area (Å²) in [5.74, 6) is -1.08. The quantitative estimate of drug-likeness (QED) is 0.898. The molecule has 1 aromatic carbocycles. The summed E-state index contributed by atoms with van der Waals surface area (Å²) >= 11 is 0. The molecule has 2 aromatic rings. The molecule has 18 heavy (non-hydrogen) atoms. The number of nitrogens with two attached hydrogens (primary N) is 1. The summed E-state index contributed by atoms with van der Waals surface area (Å²) in [4.78, 5) is 10.9. The van der Waals surface area contributed by atoms with Gasteiger partial charge in [-0.1, -0.05) is 6.07 Å². The highest BCUT2D eigenvalue weighted by atomic mass is 19.1. The first-order valence-electron chi connectivity index (χ1n) is 5.56. The van der Waals surface area contributed by atoms with Gasteiger partial charge in [0.15, 0.2) is 0 Å². The van der Waals surface area contributed by atoms with E-state index in [1.165, 1.54) is 6.07 Å². The molecule has 2 N–H and O–H groups in total. The molecular weight excluding hydrogens is 233 g/mol. The molecule has 0 fully saturated rings. The fourth-order valence-corrected chi connectivity index (χ4v) is 1.83. The number of hydrogen-bond acceptors (Lipinski definition) is 2. The SMILES string of the molecule is Cc1cc(C)n(Cc2ccc(C(N)=O)cc2F)n1. The number of nitrogens with zero attached hydrogens (tertiary/aromatic N) is 2. The second-order valence-electron chi connectivity index (χ2n) is 4.26. The molecule has 0 aliphatic carbocycles. The maximum absolute atomic E-state index is 13.8. The van der Waals surface area contributed by atoms with Crippen molar-refractivity contribution in [1.29, 1.82) is 0 Å². The third-order valence-corrected chi connectivity index (χ3v) is 2.76. The molecule has 94 valence electrons. The van der Waals surface area contributed by atoms with Gasteiger partial charge >= 0.3 is 0 Å². The van der Waals surface area contributed by atoms with Crippen molar-refractivity contribution in [2.24, 2.45) is 5.73 Å². The van der Waals surface area contributed by atoms with Crippen LogP contribution in [0.2, 0.25) is 0 Å². The van der Waals surface area contributed by atoms with Crippen molar-refractivity contribution in [1.82, 2.24) is 9.78 Å². The third-order valence-electron chi connectivity index (χ3n) is 2.76. The molecular formula is C13H14FN3O. The highest BCUT2D eigenvalue weighted by Gasteiger charge is 2.09. The van der Waals surface area contributed by atoms with E-state index < -0.39 is 11.7 Å². The number of halogens is 1. The molecule has 0 spiro atoms. The predicted octanol–water partition coefficient (Wildman–Crippen LogP) is 1.79. The normalized spacial score (nSPS) is 10.6. The number of primary amides is 1. The largest absolute Gasteiger partial charge is 0.366 e. The zero-order chi connectivity index (χ0) is 13.3. The number of hydrogen-bond donors (Lipinski definition) is 1. The van der Waals surface area contributed by atoms with Crippen LogP contribution in [-0.4, -0.2) is 15.7 Å². The molecule has 1 aromatic heterocycles. The maximum Gasteiger partial charge on any atom is 0.248 e. The van der Waals surface area contributed by atoms with E-state index >= 15 is 0 Å². The van der Waals surface area contributed by atoms with E-state index in [2.05, 4.69) is 5.10 Å². The van der Waals surface area contributed by atoms with Gasteiger partial charge in [0.25, 0.3) is 0 Å². The van der Waals surface area contributed by atoms with Crippen LogP contribution in [0.15, 0.2) is 24.3 Å². The van der Waals surface area contributed by atoms with E-state index in [0.29, 0.717) is 12.1 Å². The van der Waals surface area contributed by atoms with Crippen molar-refractivity contribution in [2.75, 3.05) is 0 Å². The van der Waals surface area contributed by atoms with Crippen molar-refractivity contribution in [3.8, 4) is 0 Å². The minimum Gasteiger partial charge on any atom is -0.366 e. The first-order chi connectivity index (χ1) is 8.47. The summed E-state index contributed by atoms with van der Waals surface area (Å²) in [6, 6.07) is 6.16. The highest BCUT2D eigenvalue weighted by molar-refractivity contribution is 5.92. The van der Waals surface area contributed by atoms with Crippen LogP contribution < -0.4 is 5.73 Å². The number of aromatic nitrogens is 2. The zero-order valence-corrected chi connectivity index (χ0v) is 10.3. The summed E-state index contributed by atoms with van der Waals surface area (Å²) in [5, 5.41) is 4.26. The number of rotatable bonds is 3. The Morgan fingerprint density at radius 2 is 2.11 bits per heavy atom. The first-order valence-corrected chi connectivity index (χ1v) is 5.56. The van der Waals surface area contributed by atoms with Crippen LogP contribution in [-0.2, 0) is 6.54 Å². The van der Waals surface area contributed by atoms with Crippen molar-refractivity contribution >= 4 is 5.91 Å².